The molecule has 0 fully saturated rings. The molecular weight excluding hydrogens is 471 g/mol. The van der Waals surface area contributed by atoms with Crippen LogP contribution in [0.2, 0.25) is 10.0 Å². The average Bonchev–Trinajstić information content (AvgIpc) is 2.78. The predicted octanol–water partition coefficient (Wildman–Crippen LogP) is 7.34. The van der Waals surface area contributed by atoms with E-state index in [1.165, 1.54) is 5.56 Å². The summed E-state index contributed by atoms with van der Waals surface area (Å²) in [5, 5.41) is 6.69. The fraction of sp³-hybridized carbons (Fsp3) is 0.259. The molecule has 178 valence electrons. The van der Waals surface area contributed by atoms with Crippen LogP contribution in [0.5, 0.6) is 5.75 Å². The third-order valence-corrected chi connectivity index (χ3v) is 5.67. The van der Waals surface area contributed by atoms with Gasteiger partial charge >= 0.3 is 0 Å². The summed E-state index contributed by atoms with van der Waals surface area (Å²) in [6, 6.07) is 19.6. The van der Waals surface area contributed by atoms with Crippen molar-refractivity contribution in [1.82, 2.24) is 0 Å². The van der Waals surface area contributed by atoms with Crippen molar-refractivity contribution in [2.45, 2.75) is 39.0 Å². The van der Waals surface area contributed by atoms with Gasteiger partial charge in [-0.1, -0.05) is 56.1 Å². The minimum atomic E-state index is -0.182. The zero-order chi connectivity index (χ0) is 24.7. The molecule has 3 aromatic carbocycles. The van der Waals surface area contributed by atoms with Crippen molar-refractivity contribution in [1.29, 1.82) is 0 Å². The molecule has 0 heterocycles. The third-order valence-electron chi connectivity index (χ3n) is 5.14. The first-order chi connectivity index (χ1) is 16.1. The topological polar surface area (TPSA) is 67.4 Å². The number of carbonyl (C=O) groups excluding carboxylic acids is 2. The van der Waals surface area contributed by atoms with Gasteiger partial charge in [0.2, 0.25) is 5.91 Å². The lowest BCUT2D eigenvalue weighted by Crippen LogP contribution is -2.15. The van der Waals surface area contributed by atoms with E-state index in [2.05, 4.69) is 31.4 Å². The van der Waals surface area contributed by atoms with E-state index in [1.54, 1.807) is 42.5 Å². The van der Waals surface area contributed by atoms with Crippen molar-refractivity contribution in [2.24, 2.45) is 0 Å². The highest BCUT2D eigenvalue weighted by atomic mass is 35.5. The van der Waals surface area contributed by atoms with E-state index in [1.807, 2.05) is 24.3 Å². The van der Waals surface area contributed by atoms with E-state index in [4.69, 9.17) is 27.9 Å². The molecule has 2 N–H and O–H groups in total. The van der Waals surface area contributed by atoms with Gasteiger partial charge in [0.25, 0.3) is 5.91 Å². The lowest BCUT2D eigenvalue weighted by molar-refractivity contribution is -0.116. The lowest BCUT2D eigenvalue weighted by atomic mass is 9.87. The summed E-state index contributed by atoms with van der Waals surface area (Å²) in [4.78, 5) is 24.7. The number of benzene rings is 3. The summed E-state index contributed by atoms with van der Waals surface area (Å²) in [6.07, 6.45) is 0.835. The highest BCUT2D eigenvalue weighted by Crippen LogP contribution is 2.27. The second kappa shape index (κ2) is 11.4. The number of rotatable bonds is 8. The van der Waals surface area contributed by atoms with Crippen molar-refractivity contribution in [3.05, 3.63) is 87.9 Å². The van der Waals surface area contributed by atoms with Crippen LogP contribution in [0.15, 0.2) is 66.7 Å². The zero-order valence-electron chi connectivity index (χ0n) is 19.5. The molecule has 2 amide bonds. The molecule has 3 rings (SSSR count). The fourth-order valence-electron chi connectivity index (χ4n) is 3.19. The summed E-state index contributed by atoms with van der Waals surface area (Å²) in [5.74, 6) is 0.230. The van der Waals surface area contributed by atoms with E-state index < -0.39 is 0 Å². The second-order valence-corrected chi connectivity index (χ2v) is 9.78. The molecule has 0 atom stereocenters. The van der Waals surface area contributed by atoms with Crippen LogP contribution in [0.1, 0.15) is 49.5 Å². The summed E-state index contributed by atoms with van der Waals surface area (Å²) in [6.45, 7) is 6.76. The van der Waals surface area contributed by atoms with Crippen LogP contribution < -0.4 is 15.4 Å². The van der Waals surface area contributed by atoms with Gasteiger partial charge in [-0.25, -0.2) is 0 Å². The maximum absolute atomic E-state index is 12.5. The molecule has 34 heavy (non-hydrogen) atoms. The number of amides is 2. The Morgan fingerprint density at radius 2 is 1.47 bits per heavy atom. The number of nitrogens with one attached hydrogen (secondary N) is 2. The van der Waals surface area contributed by atoms with Gasteiger partial charge in [-0.15, -0.1) is 0 Å². The molecule has 0 saturated heterocycles. The number of anilines is 2. The van der Waals surface area contributed by atoms with E-state index in [-0.39, 0.29) is 17.2 Å². The smallest absolute Gasteiger partial charge is 0.255 e. The van der Waals surface area contributed by atoms with Crippen LogP contribution in [-0.2, 0) is 10.2 Å². The minimum absolute atomic E-state index is 0.0344. The Bertz CT molecular complexity index is 1140. The molecule has 5 nitrogen and oxygen atoms in total. The van der Waals surface area contributed by atoms with E-state index in [0.717, 1.165) is 0 Å². The Morgan fingerprint density at radius 3 is 2.06 bits per heavy atom. The Morgan fingerprint density at radius 1 is 0.853 bits per heavy atom. The van der Waals surface area contributed by atoms with Crippen molar-refractivity contribution in [3.63, 3.8) is 0 Å². The molecule has 0 bridgehead atoms. The summed E-state index contributed by atoms with van der Waals surface area (Å²) < 4.78 is 5.59. The Kier molecular flexibility index (Phi) is 8.59. The van der Waals surface area contributed by atoms with Crippen molar-refractivity contribution >= 4 is 46.4 Å². The van der Waals surface area contributed by atoms with E-state index in [9.17, 15) is 9.59 Å². The third kappa shape index (κ3) is 7.51. The molecule has 0 saturated carbocycles. The number of carbonyl (C=O) groups is 2. The van der Waals surface area contributed by atoms with Gasteiger partial charge in [0.1, 0.15) is 5.75 Å². The molecule has 0 radical (unpaired) electrons. The number of hydrogen-bond donors (Lipinski definition) is 2. The quantitative estimate of drug-likeness (QED) is 0.319. The van der Waals surface area contributed by atoms with Crippen molar-refractivity contribution in [2.75, 3.05) is 17.2 Å². The summed E-state index contributed by atoms with van der Waals surface area (Å²) >= 11 is 11.9. The summed E-state index contributed by atoms with van der Waals surface area (Å²) in [5.41, 5.74) is 3.10. The van der Waals surface area contributed by atoms with Gasteiger partial charge < -0.3 is 15.4 Å². The number of ether oxygens (including phenoxy) is 1. The highest BCUT2D eigenvalue weighted by molar-refractivity contribution is 6.35. The fourth-order valence-corrected chi connectivity index (χ4v) is 3.66. The molecule has 3 aromatic rings. The average molecular weight is 499 g/mol. The minimum Gasteiger partial charge on any atom is -0.492 e. The van der Waals surface area contributed by atoms with Gasteiger partial charge in [0, 0.05) is 28.4 Å². The molecule has 0 spiro atoms. The number of hydrogen-bond acceptors (Lipinski definition) is 3. The molecular formula is C27H28Cl2N2O3. The second-order valence-electron chi connectivity index (χ2n) is 8.93. The van der Waals surface area contributed by atoms with Crippen LogP contribution >= 0.6 is 23.2 Å². The molecule has 7 heteroatoms. The maximum atomic E-state index is 12.5. The predicted molar refractivity (Wildman–Crippen MR) is 139 cm³/mol. The molecule has 0 aliphatic rings. The molecule has 0 aliphatic carbocycles. The Labute approximate surface area is 210 Å². The van der Waals surface area contributed by atoms with E-state index in [0.29, 0.717) is 52.2 Å². The van der Waals surface area contributed by atoms with Crippen molar-refractivity contribution < 1.29 is 14.3 Å². The SMILES string of the molecule is CC(C)(C)c1ccc(C(=O)Nc2ccc(NC(=O)CCCOc3ccc(Cl)cc3Cl)cc2)cc1. The molecule has 0 aliphatic heterocycles. The zero-order valence-corrected chi connectivity index (χ0v) is 21.0. The monoisotopic (exact) mass is 498 g/mol. The highest BCUT2D eigenvalue weighted by Gasteiger charge is 2.14. The normalized spacial score (nSPS) is 11.1. The van der Waals surface area contributed by atoms with Gasteiger partial charge in [0.05, 0.1) is 11.6 Å². The van der Waals surface area contributed by atoms with Gasteiger partial charge in [-0.3, -0.25) is 9.59 Å². The molecule has 0 aromatic heterocycles. The summed E-state index contributed by atoms with van der Waals surface area (Å²) in [7, 11) is 0. The van der Waals surface area contributed by atoms with Crippen LogP contribution in [0.4, 0.5) is 11.4 Å². The van der Waals surface area contributed by atoms with Crippen LogP contribution in [0.3, 0.4) is 0 Å². The Hall–Kier alpha value is -3.02. The van der Waals surface area contributed by atoms with Crippen molar-refractivity contribution in [3.8, 4) is 5.75 Å². The van der Waals surface area contributed by atoms with Crippen LogP contribution in [0, 0.1) is 0 Å². The van der Waals surface area contributed by atoms with Gasteiger partial charge in [0.15, 0.2) is 0 Å². The first-order valence-corrected chi connectivity index (χ1v) is 11.8. The number of halogens is 2. The first-order valence-electron chi connectivity index (χ1n) is 11.0. The maximum Gasteiger partial charge on any atom is 0.255 e. The first kappa shape index (κ1) is 25.6. The van der Waals surface area contributed by atoms with Crippen LogP contribution in [-0.4, -0.2) is 18.4 Å². The molecule has 0 unspecified atom stereocenters. The largest absolute Gasteiger partial charge is 0.492 e. The Balaban J connectivity index is 1.44. The van der Waals surface area contributed by atoms with Gasteiger partial charge in [-0.2, -0.15) is 0 Å². The standard InChI is InChI=1S/C27H28Cl2N2O3/c1-27(2,3)19-8-6-18(7-9-19)26(33)31-22-13-11-21(12-14-22)30-25(32)5-4-16-34-24-15-10-20(28)17-23(24)29/h6-15,17H,4-5,16H2,1-3H3,(H,30,32)(H,31,33). The lowest BCUT2D eigenvalue weighted by Gasteiger charge is -2.19. The van der Waals surface area contributed by atoms with Crippen LogP contribution in [0.25, 0.3) is 0 Å². The van der Waals surface area contributed by atoms with Gasteiger partial charge in [-0.05, 0) is 72.0 Å². The van der Waals surface area contributed by atoms with E-state index >= 15 is 0 Å².